The first kappa shape index (κ1) is 25.0. The van der Waals surface area contributed by atoms with Gasteiger partial charge in [0.15, 0.2) is 0 Å². The van der Waals surface area contributed by atoms with Crippen molar-refractivity contribution < 1.29 is 8.42 Å². The second-order valence-electron chi connectivity index (χ2n) is 9.09. The van der Waals surface area contributed by atoms with Crippen LogP contribution in [0.4, 0.5) is 5.69 Å². The maximum atomic E-state index is 12.7. The molecule has 0 fully saturated rings. The van der Waals surface area contributed by atoms with Gasteiger partial charge < -0.3 is 14.1 Å². The highest BCUT2D eigenvalue weighted by Crippen LogP contribution is 2.39. The van der Waals surface area contributed by atoms with Crippen LogP contribution in [-0.2, 0) is 22.6 Å². The normalized spacial score (nSPS) is 14.4. The molecule has 1 atom stereocenters. The number of hydrogen-bond donors (Lipinski definition) is 2. The highest BCUT2D eigenvalue weighted by Gasteiger charge is 2.36. The van der Waals surface area contributed by atoms with Crippen molar-refractivity contribution in [2.75, 3.05) is 17.5 Å². The number of anilines is 1. The third-order valence-corrected chi connectivity index (χ3v) is 9.31. The number of rotatable bonds is 7. The van der Waals surface area contributed by atoms with Crippen LogP contribution in [0.2, 0.25) is 0 Å². The topological polar surface area (TPSA) is 114 Å². The summed E-state index contributed by atoms with van der Waals surface area (Å²) in [6.45, 7) is 5.63. The van der Waals surface area contributed by atoms with Crippen molar-refractivity contribution in [2.24, 2.45) is 12.0 Å². The molecule has 0 amide bonds. The minimum absolute atomic E-state index is 0.0541. The number of aliphatic imine (C=N–C) groups is 1. The van der Waals surface area contributed by atoms with Gasteiger partial charge in [-0.3, -0.25) is 14.5 Å². The van der Waals surface area contributed by atoms with Crippen LogP contribution in [0, 0.1) is 0 Å². The van der Waals surface area contributed by atoms with Crippen molar-refractivity contribution in [3.63, 3.8) is 0 Å². The lowest BCUT2D eigenvalue weighted by molar-refractivity contribution is 0.544. The molecule has 2 N–H and O–H groups in total. The molecule has 0 saturated carbocycles. The molecule has 0 spiro atoms. The molecule has 5 aromatic rings. The predicted octanol–water partition coefficient (Wildman–Crippen LogP) is 4.56. The van der Waals surface area contributed by atoms with E-state index in [1.54, 1.807) is 30.9 Å². The molecule has 37 heavy (non-hydrogen) atoms. The van der Waals surface area contributed by atoms with Crippen LogP contribution in [0.1, 0.15) is 25.8 Å². The molecule has 9 nitrogen and oxygen atoms in total. The largest absolute Gasteiger partial charge is 0.345 e. The number of nitrogens with one attached hydrogen (secondary N) is 2. The van der Waals surface area contributed by atoms with Crippen LogP contribution in [0.15, 0.2) is 64.2 Å². The van der Waals surface area contributed by atoms with E-state index in [4.69, 9.17) is 0 Å². The second kappa shape index (κ2) is 9.00. The molecule has 0 bridgehead atoms. The van der Waals surface area contributed by atoms with Gasteiger partial charge in [0.05, 0.1) is 17.0 Å². The van der Waals surface area contributed by atoms with Gasteiger partial charge in [0.25, 0.3) is 5.56 Å². The molecular formula is C26H28N6O3S2. The molecule has 0 aliphatic carbocycles. The predicted molar refractivity (Wildman–Crippen MR) is 151 cm³/mol. The summed E-state index contributed by atoms with van der Waals surface area (Å²) in [5, 5.41) is 4.33. The molecule has 0 aliphatic heterocycles. The molecule has 4 heterocycles. The van der Waals surface area contributed by atoms with Gasteiger partial charge in [-0.15, -0.1) is 11.3 Å². The monoisotopic (exact) mass is 536 g/mol. The highest BCUT2D eigenvalue weighted by atomic mass is 32.2. The smallest absolute Gasteiger partial charge is 0.272 e. The zero-order chi connectivity index (χ0) is 26.5. The molecule has 5 rings (SSSR count). The number of aryl methyl sites for hydroxylation is 1. The van der Waals surface area contributed by atoms with E-state index >= 15 is 0 Å². The Bertz CT molecular complexity index is 1830. The van der Waals surface area contributed by atoms with Crippen molar-refractivity contribution in [3.05, 3.63) is 69.8 Å². The summed E-state index contributed by atoms with van der Waals surface area (Å²) in [4.78, 5) is 24.4. The third kappa shape index (κ3) is 3.98. The Balaban J connectivity index is 1.86. The summed E-state index contributed by atoms with van der Waals surface area (Å²) in [6, 6.07) is 7.63. The average Bonchev–Trinajstić information content (AvgIpc) is 3.63. The fraction of sp³-hybridized carbons (Fsp3) is 0.269. The molecule has 0 saturated heterocycles. The molecule has 11 heteroatoms. The van der Waals surface area contributed by atoms with E-state index in [0.29, 0.717) is 11.2 Å². The molecular weight excluding hydrogens is 508 g/mol. The number of fused-ring (bicyclic) bond motifs is 2. The fourth-order valence-electron chi connectivity index (χ4n) is 4.82. The number of sulfonamides is 1. The van der Waals surface area contributed by atoms with E-state index < -0.39 is 15.6 Å². The SMILES string of the molecule is CCS(=O)(=O)Nc1cc(-c2cn(C)c3c(=O)[nH]ccc23)cc2c1ccn2C(C)(/C(C)=N/C)c1nccs1. The summed E-state index contributed by atoms with van der Waals surface area (Å²) in [5.74, 6) is -0.0541. The van der Waals surface area contributed by atoms with Crippen molar-refractivity contribution in [1.29, 1.82) is 0 Å². The zero-order valence-electron chi connectivity index (χ0n) is 21.2. The zero-order valence-corrected chi connectivity index (χ0v) is 22.9. The Morgan fingerprint density at radius 2 is 2.05 bits per heavy atom. The van der Waals surface area contributed by atoms with E-state index in [1.807, 2.05) is 56.0 Å². The number of hydrogen-bond acceptors (Lipinski definition) is 6. The highest BCUT2D eigenvalue weighted by molar-refractivity contribution is 7.92. The Morgan fingerprint density at radius 3 is 2.73 bits per heavy atom. The summed E-state index contributed by atoms with van der Waals surface area (Å²) in [5.41, 5.74) is 3.42. The number of aromatic nitrogens is 4. The van der Waals surface area contributed by atoms with Crippen LogP contribution >= 0.6 is 11.3 Å². The first-order chi connectivity index (χ1) is 17.6. The number of aromatic amines is 1. The van der Waals surface area contributed by atoms with E-state index in [-0.39, 0.29) is 11.3 Å². The quantitative estimate of drug-likeness (QED) is 0.297. The van der Waals surface area contributed by atoms with E-state index in [2.05, 4.69) is 31.2 Å². The number of thiazole rings is 1. The minimum Gasteiger partial charge on any atom is -0.345 e. The van der Waals surface area contributed by atoms with Gasteiger partial charge in [-0.25, -0.2) is 13.4 Å². The Morgan fingerprint density at radius 1 is 1.27 bits per heavy atom. The molecule has 1 aromatic carbocycles. The van der Waals surface area contributed by atoms with Crippen LogP contribution in [-0.4, -0.2) is 46.0 Å². The molecule has 4 aromatic heterocycles. The molecule has 1 unspecified atom stereocenters. The third-order valence-electron chi connectivity index (χ3n) is 7.04. The van der Waals surface area contributed by atoms with Crippen LogP contribution in [0.5, 0.6) is 0 Å². The minimum atomic E-state index is -3.55. The lowest BCUT2D eigenvalue weighted by Crippen LogP contribution is -2.38. The lowest BCUT2D eigenvalue weighted by Gasteiger charge is -2.31. The fourth-order valence-corrected chi connectivity index (χ4v) is 6.32. The first-order valence-corrected chi connectivity index (χ1v) is 14.3. The van der Waals surface area contributed by atoms with Gasteiger partial charge in [0.1, 0.15) is 16.1 Å². The summed E-state index contributed by atoms with van der Waals surface area (Å²) >= 11 is 1.54. The second-order valence-corrected chi connectivity index (χ2v) is 12.0. The van der Waals surface area contributed by atoms with Gasteiger partial charge in [-0.2, -0.15) is 0 Å². The van der Waals surface area contributed by atoms with Crippen molar-refractivity contribution >= 4 is 54.6 Å². The molecule has 0 aliphatic rings. The number of benzene rings is 1. The van der Waals surface area contributed by atoms with Gasteiger partial charge >= 0.3 is 0 Å². The Labute approximate surface area is 218 Å². The standard InChI is InChI=1S/C26H28N6O3S2/c1-6-37(34,35)30-21-13-17(20-15-31(5)23-18(20)7-9-28-24(23)33)14-22-19(21)8-11-32(22)26(3,16(2)27-4)25-29-10-12-36-25/h7-15,30H,6H2,1-5H3,(H,28,33)/b27-16+. The Kier molecular flexibility index (Phi) is 6.07. The van der Waals surface area contributed by atoms with E-state index in [1.165, 1.54) is 11.3 Å². The number of H-pyrrole nitrogens is 1. The maximum absolute atomic E-state index is 12.7. The summed E-state index contributed by atoms with van der Waals surface area (Å²) in [6.07, 6.45) is 7.23. The number of nitrogens with zero attached hydrogens (tertiary/aromatic N) is 4. The van der Waals surface area contributed by atoms with Gasteiger partial charge in [-0.1, -0.05) is 0 Å². The maximum Gasteiger partial charge on any atom is 0.272 e. The summed E-state index contributed by atoms with van der Waals surface area (Å²) in [7, 11) is 0.0289. The van der Waals surface area contributed by atoms with Crippen LogP contribution in [0.25, 0.3) is 32.9 Å². The van der Waals surface area contributed by atoms with Crippen molar-refractivity contribution in [1.82, 2.24) is 19.1 Å². The number of pyridine rings is 1. The van der Waals surface area contributed by atoms with E-state index in [0.717, 1.165) is 38.1 Å². The van der Waals surface area contributed by atoms with Crippen molar-refractivity contribution in [2.45, 2.75) is 26.3 Å². The Hall–Kier alpha value is -3.70. The average molecular weight is 537 g/mol. The van der Waals surface area contributed by atoms with Gasteiger partial charge in [0, 0.05) is 66.3 Å². The lowest BCUT2D eigenvalue weighted by atomic mass is 9.96. The van der Waals surface area contributed by atoms with Gasteiger partial charge in [0.2, 0.25) is 10.0 Å². The summed E-state index contributed by atoms with van der Waals surface area (Å²) < 4.78 is 32.0. The first-order valence-electron chi connectivity index (χ1n) is 11.8. The van der Waals surface area contributed by atoms with Crippen molar-refractivity contribution in [3.8, 4) is 11.1 Å². The van der Waals surface area contributed by atoms with Crippen LogP contribution in [0.3, 0.4) is 0 Å². The van der Waals surface area contributed by atoms with E-state index in [9.17, 15) is 13.2 Å². The van der Waals surface area contributed by atoms with Gasteiger partial charge in [-0.05, 0) is 50.6 Å². The van der Waals surface area contributed by atoms with Crippen LogP contribution < -0.4 is 10.3 Å². The molecule has 192 valence electrons. The molecule has 0 radical (unpaired) electrons.